The number of rotatable bonds is 7. The smallest absolute Gasteiger partial charge is 0.283 e. The first-order chi connectivity index (χ1) is 13.5. The number of carbonyl (C=O) groups excluding carboxylic acids is 1. The molecule has 8 heteroatoms. The number of benzene rings is 2. The fourth-order valence-corrected chi connectivity index (χ4v) is 3.51. The molecule has 0 unspecified atom stereocenters. The summed E-state index contributed by atoms with van der Waals surface area (Å²) in [6.45, 7) is 2.39. The average Bonchev–Trinajstić information content (AvgIpc) is 3.09. The number of anilines is 1. The van der Waals surface area contributed by atoms with Gasteiger partial charge in [0.2, 0.25) is 0 Å². The number of halogens is 1. The molecule has 0 saturated heterocycles. The van der Waals surface area contributed by atoms with E-state index in [-0.39, 0.29) is 5.91 Å². The number of thiazole rings is 1. The molecule has 3 rings (SSSR count). The van der Waals surface area contributed by atoms with Gasteiger partial charge in [0, 0.05) is 4.47 Å². The minimum absolute atomic E-state index is 0.315. The van der Waals surface area contributed by atoms with Crippen molar-refractivity contribution in [3.63, 3.8) is 0 Å². The molecule has 0 atom stereocenters. The number of hydrazone groups is 1. The molecule has 0 aliphatic carbocycles. The number of aromatic nitrogens is 1. The standard InChI is InChI=1S/C20H19BrN4O2S/c1-2-17-18(28-20(22)24-17)19(26)25-23-11-14-4-3-5-16(10-14)27-12-13-6-8-15(21)9-7-13/h3-11H,2,12H2,1H3,(H2,22,24)(H,25,26). The molecule has 0 aliphatic rings. The molecule has 0 aliphatic heterocycles. The molecular weight excluding hydrogens is 440 g/mol. The number of nitrogen functional groups attached to an aromatic ring is 1. The van der Waals surface area contributed by atoms with E-state index >= 15 is 0 Å². The van der Waals surface area contributed by atoms with Gasteiger partial charge in [0.25, 0.3) is 5.91 Å². The average molecular weight is 459 g/mol. The maximum absolute atomic E-state index is 12.2. The summed E-state index contributed by atoms with van der Waals surface area (Å²) in [5.41, 5.74) is 10.8. The molecule has 28 heavy (non-hydrogen) atoms. The minimum atomic E-state index is -0.315. The van der Waals surface area contributed by atoms with Crippen molar-refractivity contribution in [2.45, 2.75) is 20.0 Å². The Morgan fingerprint density at radius 2 is 2.11 bits per heavy atom. The summed E-state index contributed by atoms with van der Waals surface area (Å²) < 4.78 is 6.85. The second-order valence-corrected chi connectivity index (χ2v) is 7.81. The van der Waals surface area contributed by atoms with Gasteiger partial charge in [0.1, 0.15) is 17.2 Å². The largest absolute Gasteiger partial charge is 0.489 e. The lowest BCUT2D eigenvalue weighted by Gasteiger charge is -2.07. The fraction of sp³-hybridized carbons (Fsp3) is 0.150. The second kappa shape index (κ2) is 9.48. The molecule has 2 aromatic carbocycles. The van der Waals surface area contributed by atoms with Gasteiger partial charge in [0.05, 0.1) is 11.9 Å². The second-order valence-electron chi connectivity index (χ2n) is 5.87. The van der Waals surface area contributed by atoms with Crippen LogP contribution < -0.4 is 15.9 Å². The topological polar surface area (TPSA) is 89.6 Å². The van der Waals surface area contributed by atoms with Crippen molar-refractivity contribution in [1.29, 1.82) is 0 Å². The van der Waals surface area contributed by atoms with E-state index in [1.54, 1.807) is 6.21 Å². The Labute approximate surface area is 175 Å². The lowest BCUT2D eigenvalue weighted by atomic mass is 10.2. The third kappa shape index (κ3) is 5.40. The molecule has 144 valence electrons. The van der Waals surface area contributed by atoms with E-state index in [0.29, 0.717) is 28.7 Å². The van der Waals surface area contributed by atoms with Crippen LogP contribution >= 0.6 is 27.3 Å². The van der Waals surface area contributed by atoms with Crippen LogP contribution in [0, 0.1) is 0 Å². The van der Waals surface area contributed by atoms with E-state index in [9.17, 15) is 4.79 Å². The van der Waals surface area contributed by atoms with Crippen molar-refractivity contribution in [1.82, 2.24) is 10.4 Å². The van der Waals surface area contributed by atoms with Crippen LogP contribution in [0.15, 0.2) is 58.1 Å². The van der Waals surface area contributed by atoms with Crippen molar-refractivity contribution in [3.05, 3.63) is 74.7 Å². The van der Waals surface area contributed by atoms with Gasteiger partial charge in [-0.2, -0.15) is 5.10 Å². The summed E-state index contributed by atoms with van der Waals surface area (Å²) in [5, 5.41) is 4.40. The molecule has 1 heterocycles. The molecule has 0 radical (unpaired) electrons. The molecule has 0 fully saturated rings. The minimum Gasteiger partial charge on any atom is -0.489 e. The van der Waals surface area contributed by atoms with Crippen molar-refractivity contribution in [2.24, 2.45) is 5.10 Å². The van der Waals surface area contributed by atoms with Gasteiger partial charge in [-0.25, -0.2) is 10.4 Å². The van der Waals surface area contributed by atoms with Crippen molar-refractivity contribution in [3.8, 4) is 5.75 Å². The summed E-state index contributed by atoms with van der Waals surface area (Å²) in [6, 6.07) is 15.4. The molecule has 1 aromatic heterocycles. The highest BCUT2D eigenvalue weighted by atomic mass is 79.9. The Morgan fingerprint density at radius 3 is 2.86 bits per heavy atom. The fourth-order valence-electron chi connectivity index (χ4n) is 2.44. The molecule has 0 spiro atoms. The molecule has 3 N–H and O–H groups in total. The van der Waals surface area contributed by atoms with E-state index in [0.717, 1.165) is 32.7 Å². The van der Waals surface area contributed by atoms with Crippen LogP contribution in [0.2, 0.25) is 0 Å². The molecular formula is C20H19BrN4O2S. The first-order valence-electron chi connectivity index (χ1n) is 8.61. The number of aryl methyl sites for hydroxylation is 1. The highest BCUT2D eigenvalue weighted by Crippen LogP contribution is 2.21. The van der Waals surface area contributed by atoms with Crippen LogP contribution in [0.5, 0.6) is 5.75 Å². The lowest BCUT2D eigenvalue weighted by molar-refractivity contribution is 0.0958. The third-order valence-electron chi connectivity index (χ3n) is 3.81. The van der Waals surface area contributed by atoms with Gasteiger partial charge in [-0.1, -0.05) is 58.5 Å². The highest BCUT2D eigenvalue weighted by molar-refractivity contribution is 9.10. The molecule has 6 nitrogen and oxygen atoms in total. The quantitative estimate of drug-likeness (QED) is 0.405. The zero-order valence-electron chi connectivity index (χ0n) is 15.2. The number of ether oxygens (including phenoxy) is 1. The highest BCUT2D eigenvalue weighted by Gasteiger charge is 2.15. The Morgan fingerprint density at radius 1 is 1.32 bits per heavy atom. The number of amides is 1. The third-order valence-corrected chi connectivity index (χ3v) is 5.27. The summed E-state index contributed by atoms with van der Waals surface area (Å²) >= 11 is 4.57. The molecule has 3 aromatic rings. The predicted molar refractivity (Wildman–Crippen MR) is 116 cm³/mol. The molecule has 0 bridgehead atoms. The summed E-state index contributed by atoms with van der Waals surface area (Å²) in [6.07, 6.45) is 2.21. The number of hydrogen-bond acceptors (Lipinski definition) is 6. The summed E-state index contributed by atoms with van der Waals surface area (Å²) in [4.78, 5) is 16.9. The van der Waals surface area contributed by atoms with Crippen molar-refractivity contribution < 1.29 is 9.53 Å². The van der Waals surface area contributed by atoms with Gasteiger partial charge < -0.3 is 10.5 Å². The van der Waals surface area contributed by atoms with Crippen LogP contribution in [0.25, 0.3) is 0 Å². The zero-order chi connectivity index (χ0) is 19.9. The SMILES string of the molecule is CCc1nc(N)sc1C(=O)NN=Cc1cccc(OCc2ccc(Br)cc2)c1. The van der Waals surface area contributed by atoms with Crippen LogP contribution in [0.3, 0.4) is 0 Å². The lowest BCUT2D eigenvalue weighted by Crippen LogP contribution is -2.17. The van der Waals surface area contributed by atoms with Crippen LogP contribution in [-0.2, 0) is 13.0 Å². The monoisotopic (exact) mass is 458 g/mol. The first kappa shape index (κ1) is 20.0. The Balaban J connectivity index is 1.59. The Hall–Kier alpha value is -2.71. The van der Waals surface area contributed by atoms with E-state index in [1.807, 2.05) is 55.5 Å². The Bertz CT molecular complexity index is 986. The summed E-state index contributed by atoms with van der Waals surface area (Å²) in [5.74, 6) is 0.409. The maximum Gasteiger partial charge on any atom is 0.283 e. The normalized spacial score (nSPS) is 10.9. The van der Waals surface area contributed by atoms with Gasteiger partial charge >= 0.3 is 0 Å². The number of carbonyl (C=O) groups is 1. The van der Waals surface area contributed by atoms with Crippen LogP contribution in [0.1, 0.15) is 33.4 Å². The first-order valence-corrected chi connectivity index (χ1v) is 10.2. The molecule has 0 saturated carbocycles. The van der Waals surface area contributed by atoms with E-state index < -0.39 is 0 Å². The van der Waals surface area contributed by atoms with E-state index in [1.165, 1.54) is 0 Å². The van der Waals surface area contributed by atoms with Crippen molar-refractivity contribution in [2.75, 3.05) is 5.73 Å². The number of nitrogens with two attached hydrogens (primary N) is 1. The van der Waals surface area contributed by atoms with Crippen LogP contribution in [0.4, 0.5) is 5.13 Å². The zero-order valence-corrected chi connectivity index (χ0v) is 17.6. The van der Waals surface area contributed by atoms with Gasteiger partial charge in [-0.05, 0) is 41.8 Å². The number of nitrogens with one attached hydrogen (secondary N) is 1. The van der Waals surface area contributed by atoms with Gasteiger partial charge in [-0.15, -0.1) is 0 Å². The van der Waals surface area contributed by atoms with E-state index in [2.05, 4.69) is 31.4 Å². The Kier molecular flexibility index (Phi) is 6.78. The number of hydrogen-bond donors (Lipinski definition) is 2. The summed E-state index contributed by atoms with van der Waals surface area (Å²) in [7, 11) is 0. The van der Waals surface area contributed by atoms with Gasteiger partial charge in [-0.3, -0.25) is 4.79 Å². The maximum atomic E-state index is 12.2. The van der Waals surface area contributed by atoms with Crippen molar-refractivity contribution >= 4 is 44.5 Å². The van der Waals surface area contributed by atoms with E-state index in [4.69, 9.17) is 10.5 Å². The van der Waals surface area contributed by atoms with Crippen LogP contribution in [-0.4, -0.2) is 17.1 Å². The number of nitrogens with zero attached hydrogens (tertiary/aromatic N) is 2. The molecule has 1 amide bonds. The predicted octanol–water partition coefficient (Wildman–Crippen LogP) is 4.39. The van der Waals surface area contributed by atoms with Gasteiger partial charge in [0.15, 0.2) is 5.13 Å².